The average Bonchev–Trinajstić information content (AvgIpc) is 2.80. The molecule has 0 spiro atoms. The van der Waals surface area contributed by atoms with Gasteiger partial charge in [-0.25, -0.2) is 0 Å². The smallest absolute Gasteiger partial charge is 0.0102 e. The summed E-state index contributed by atoms with van der Waals surface area (Å²) in [5.74, 6) is 0. The Morgan fingerprint density at radius 1 is 1.33 bits per heavy atom. The van der Waals surface area contributed by atoms with Gasteiger partial charge in [0, 0.05) is 22.3 Å². The van der Waals surface area contributed by atoms with E-state index in [9.17, 15) is 0 Å². The van der Waals surface area contributed by atoms with Gasteiger partial charge in [-0.3, -0.25) is 0 Å². The fourth-order valence-electron chi connectivity index (χ4n) is 1.60. The van der Waals surface area contributed by atoms with Crippen LogP contribution in [0.25, 0.3) is 0 Å². The van der Waals surface area contributed by atoms with Gasteiger partial charge in [-0.2, -0.15) is 0 Å². The number of hydrogen-bond donors (Lipinski definition) is 1. The van der Waals surface area contributed by atoms with Crippen LogP contribution in [0.15, 0.2) is 12.1 Å². The summed E-state index contributed by atoms with van der Waals surface area (Å²) in [7, 11) is 0. The number of thiophene rings is 1. The van der Waals surface area contributed by atoms with E-state index >= 15 is 0 Å². The minimum atomic E-state index is 0.312. The van der Waals surface area contributed by atoms with Gasteiger partial charge in [-0.1, -0.05) is 20.8 Å². The van der Waals surface area contributed by atoms with Crippen molar-refractivity contribution < 1.29 is 0 Å². The maximum Gasteiger partial charge on any atom is 0.0102 e. The zero-order valence-electron chi connectivity index (χ0n) is 9.97. The molecule has 0 aliphatic heterocycles. The Labute approximate surface area is 96.9 Å². The van der Waals surface area contributed by atoms with E-state index in [1.165, 1.54) is 29.0 Å². The van der Waals surface area contributed by atoms with Crippen molar-refractivity contribution in [3.05, 3.63) is 21.9 Å². The Morgan fingerprint density at radius 3 is 2.60 bits per heavy atom. The molecule has 15 heavy (non-hydrogen) atoms. The third-order valence-corrected chi connectivity index (χ3v) is 4.35. The van der Waals surface area contributed by atoms with Crippen LogP contribution in [0.2, 0.25) is 0 Å². The van der Waals surface area contributed by atoms with E-state index in [4.69, 9.17) is 0 Å². The van der Waals surface area contributed by atoms with Crippen LogP contribution in [0, 0.1) is 0 Å². The summed E-state index contributed by atoms with van der Waals surface area (Å²) in [5.41, 5.74) is 0.312. The standard InChI is InChI=1S/C13H21NS/c1-13(2,3)12-7-6-11(15-12)8-9-14-10-4-5-10/h6-7,10,14H,4-5,8-9H2,1-3H3. The number of rotatable bonds is 4. The summed E-state index contributed by atoms with van der Waals surface area (Å²) < 4.78 is 0. The highest BCUT2D eigenvalue weighted by Gasteiger charge is 2.20. The van der Waals surface area contributed by atoms with Gasteiger partial charge in [0.1, 0.15) is 0 Å². The van der Waals surface area contributed by atoms with Gasteiger partial charge in [-0.05, 0) is 36.8 Å². The number of hydrogen-bond acceptors (Lipinski definition) is 2. The first-order valence-electron chi connectivity index (χ1n) is 5.88. The molecule has 1 aliphatic rings. The van der Waals surface area contributed by atoms with Gasteiger partial charge in [0.2, 0.25) is 0 Å². The second kappa shape index (κ2) is 4.26. The maximum atomic E-state index is 3.56. The van der Waals surface area contributed by atoms with Gasteiger partial charge in [-0.15, -0.1) is 11.3 Å². The van der Waals surface area contributed by atoms with Crippen molar-refractivity contribution in [1.29, 1.82) is 0 Å². The van der Waals surface area contributed by atoms with Crippen molar-refractivity contribution in [2.24, 2.45) is 0 Å². The van der Waals surface area contributed by atoms with Gasteiger partial charge in [0.15, 0.2) is 0 Å². The predicted molar refractivity (Wildman–Crippen MR) is 67.7 cm³/mol. The molecule has 0 saturated heterocycles. The Kier molecular flexibility index (Phi) is 3.17. The van der Waals surface area contributed by atoms with Crippen LogP contribution in [0.3, 0.4) is 0 Å². The molecule has 2 heteroatoms. The van der Waals surface area contributed by atoms with Crippen LogP contribution in [0.5, 0.6) is 0 Å². The molecule has 1 nitrogen and oxygen atoms in total. The third kappa shape index (κ3) is 3.32. The fraction of sp³-hybridized carbons (Fsp3) is 0.692. The second-order valence-electron chi connectivity index (χ2n) is 5.49. The maximum absolute atomic E-state index is 3.56. The first-order chi connectivity index (χ1) is 7.05. The molecular formula is C13H21NS. The molecule has 1 saturated carbocycles. The molecule has 0 atom stereocenters. The minimum Gasteiger partial charge on any atom is -0.314 e. The van der Waals surface area contributed by atoms with Crippen molar-refractivity contribution in [3.63, 3.8) is 0 Å². The molecule has 1 aromatic rings. The van der Waals surface area contributed by atoms with Crippen LogP contribution >= 0.6 is 11.3 Å². The van der Waals surface area contributed by atoms with Gasteiger partial charge in [0.25, 0.3) is 0 Å². The molecule has 0 radical (unpaired) electrons. The Balaban J connectivity index is 1.83. The molecule has 1 fully saturated rings. The molecule has 84 valence electrons. The molecule has 1 aromatic heterocycles. The van der Waals surface area contributed by atoms with E-state index in [0.717, 1.165) is 12.6 Å². The normalized spacial score (nSPS) is 17.0. The molecule has 1 aliphatic carbocycles. The Morgan fingerprint density at radius 2 is 2.07 bits per heavy atom. The lowest BCUT2D eigenvalue weighted by Gasteiger charge is -2.15. The fourth-order valence-corrected chi connectivity index (χ4v) is 2.67. The van der Waals surface area contributed by atoms with Crippen LogP contribution in [0.1, 0.15) is 43.4 Å². The molecule has 1 N–H and O–H groups in total. The summed E-state index contributed by atoms with van der Waals surface area (Å²) >= 11 is 1.97. The van der Waals surface area contributed by atoms with E-state index in [1.54, 1.807) is 0 Å². The topological polar surface area (TPSA) is 12.0 Å². The van der Waals surface area contributed by atoms with Gasteiger partial charge < -0.3 is 5.32 Å². The lowest BCUT2D eigenvalue weighted by Crippen LogP contribution is -2.18. The molecule has 1 heterocycles. The highest BCUT2D eigenvalue weighted by Crippen LogP contribution is 2.29. The molecule has 0 aromatic carbocycles. The molecular weight excluding hydrogens is 202 g/mol. The summed E-state index contributed by atoms with van der Waals surface area (Å²) in [4.78, 5) is 3.02. The van der Waals surface area contributed by atoms with E-state index in [1.807, 2.05) is 11.3 Å². The van der Waals surface area contributed by atoms with E-state index in [2.05, 4.69) is 38.2 Å². The van der Waals surface area contributed by atoms with Crippen molar-refractivity contribution >= 4 is 11.3 Å². The third-order valence-electron chi connectivity index (χ3n) is 2.78. The zero-order chi connectivity index (χ0) is 10.9. The van der Waals surface area contributed by atoms with Crippen LogP contribution in [0.4, 0.5) is 0 Å². The van der Waals surface area contributed by atoms with Crippen molar-refractivity contribution in [3.8, 4) is 0 Å². The highest BCUT2D eigenvalue weighted by atomic mass is 32.1. The minimum absolute atomic E-state index is 0.312. The average molecular weight is 223 g/mol. The summed E-state index contributed by atoms with van der Waals surface area (Å²) in [6.45, 7) is 8.00. The monoisotopic (exact) mass is 223 g/mol. The Hall–Kier alpha value is -0.340. The summed E-state index contributed by atoms with van der Waals surface area (Å²) in [6, 6.07) is 5.42. The lowest BCUT2D eigenvalue weighted by atomic mass is 9.95. The van der Waals surface area contributed by atoms with Crippen LogP contribution in [-0.4, -0.2) is 12.6 Å². The highest BCUT2D eigenvalue weighted by molar-refractivity contribution is 7.12. The van der Waals surface area contributed by atoms with E-state index in [-0.39, 0.29) is 0 Å². The van der Waals surface area contributed by atoms with Gasteiger partial charge >= 0.3 is 0 Å². The zero-order valence-corrected chi connectivity index (χ0v) is 10.8. The first-order valence-corrected chi connectivity index (χ1v) is 6.70. The summed E-state index contributed by atoms with van der Waals surface area (Å²) in [6.07, 6.45) is 3.96. The number of nitrogens with one attached hydrogen (secondary N) is 1. The van der Waals surface area contributed by atoms with Crippen molar-refractivity contribution in [2.75, 3.05) is 6.54 Å². The largest absolute Gasteiger partial charge is 0.314 e. The molecule has 2 rings (SSSR count). The van der Waals surface area contributed by atoms with E-state index in [0.29, 0.717) is 5.41 Å². The quantitative estimate of drug-likeness (QED) is 0.825. The van der Waals surface area contributed by atoms with Gasteiger partial charge in [0.05, 0.1) is 0 Å². The van der Waals surface area contributed by atoms with Crippen molar-refractivity contribution in [2.45, 2.75) is 51.5 Å². The van der Waals surface area contributed by atoms with Crippen LogP contribution in [-0.2, 0) is 11.8 Å². The first kappa shape index (κ1) is 11.2. The van der Waals surface area contributed by atoms with Crippen LogP contribution < -0.4 is 5.32 Å². The Bertz CT molecular complexity index is 318. The molecule has 0 unspecified atom stereocenters. The molecule has 0 amide bonds. The summed E-state index contributed by atoms with van der Waals surface area (Å²) in [5, 5.41) is 3.56. The second-order valence-corrected chi connectivity index (χ2v) is 6.66. The van der Waals surface area contributed by atoms with E-state index < -0.39 is 0 Å². The predicted octanol–water partition coefficient (Wildman–Crippen LogP) is 3.34. The SMILES string of the molecule is CC(C)(C)c1ccc(CCNC2CC2)s1. The molecule has 0 bridgehead atoms. The lowest BCUT2D eigenvalue weighted by molar-refractivity contribution is 0.604. The van der Waals surface area contributed by atoms with Crippen molar-refractivity contribution in [1.82, 2.24) is 5.32 Å².